The third kappa shape index (κ3) is 7.21. The molecule has 1 aliphatic rings. The second-order valence-electron chi connectivity index (χ2n) is 19.6. The monoisotopic (exact) mass is 788 g/mol. The average Bonchev–Trinajstić information content (AvgIpc) is 3.73. The number of ether oxygens (including phenoxy) is 1. The molecule has 0 saturated carbocycles. The molecule has 0 atom stereocenters. The Morgan fingerprint density at radius 1 is 0.517 bits per heavy atom. The van der Waals surface area contributed by atoms with Crippen LogP contribution >= 0.6 is 0 Å². The van der Waals surface area contributed by atoms with E-state index in [2.05, 4.69) is 223 Å². The van der Waals surface area contributed by atoms with Crippen LogP contribution in [0.25, 0.3) is 49.9 Å². The number of anilines is 3. The molecule has 0 radical (unpaired) electrons. The van der Waals surface area contributed by atoms with Crippen LogP contribution in [0, 0.1) is 0 Å². The number of pyridine rings is 1. The summed E-state index contributed by atoms with van der Waals surface area (Å²) in [6.45, 7) is 21.1. The lowest BCUT2D eigenvalue weighted by atomic mass is 9.81. The van der Waals surface area contributed by atoms with Crippen LogP contribution in [0.5, 0.6) is 11.5 Å². The Morgan fingerprint density at radius 2 is 1.15 bits per heavy atom. The van der Waals surface area contributed by atoms with Crippen LogP contribution in [0.15, 0.2) is 146 Å². The van der Waals surface area contributed by atoms with Crippen molar-refractivity contribution in [2.24, 2.45) is 0 Å². The van der Waals surface area contributed by atoms with E-state index in [1.807, 2.05) is 6.07 Å². The van der Waals surface area contributed by atoms with Gasteiger partial charge >= 0.3 is 0 Å². The highest BCUT2D eigenvalue weighted by Gasteiger charge is 2.26. The number of fused-ring (bicyclic) bond motifs is 4. The minimum Gasteiger partial charge on any atom is -0.457 e. The first-order valence-electron chi connectivity index (χ1n) is 21.2. The summed E-state index contributed by atoms with van der Waals surface area (Å²) in [6, 6.07) is 50.6. The maximum absolute atomic E-state index is 6.72. The van der Waals surface area contributed by atoms with Gasteiger partial charge in [0.2, 0.25) is 0 Å². The SMILES string of the molecule is CN1CN(c2cccc(Oc3ccc4c5ccccc5n(-c5cc(-c6ccc(C(C)(C)C)cc6)c(C(C)(C)C)cn5)c4c3)c2)c2ccc(-c3ccc(C(C)(C)C)cc3)cc21. The highest BCUT2D eigenvalue weighted by molar-refractivity contribution is 6.09. The van der Waals surface area contributed by atoms with E-state index in [0.717, 1.165) is 46.1 Å². The standard InChI is InChI=1S/C55H56N4O/c1-53(2,3)39-23-18-36(19-24-39)38-22-29-49-51(30-38)57(10)35-58(49)41-14-13-15-42(31-41)60-43-27-28-45-44-16-11-12-17-48(44)59(50(45)32-43)52-33-46(47(34-56-52)55(7,8)9)37-20-25-40(26-21-37)54(4,5)6/h11-34H,35H2,1-10H3. The highest BCUT2D eigenvalue weighted by Crippen LogP contribution is 2.44. The third-order valence-electron chi connectivity index (χ3n) is 12.1. The third-order valence-corrected chi connectivity index (χ3v) is 12.1. The van der Waals surface area contributed by atoms with E-state index in [-0.39, 0.29) is 16.2 Å². The van der Waals surface area contributed by atoms with Gasteiger partial charge in [0.15, 0.2) is 0 Å². The van der Waals surface area contributed by atoms with Crippen LogP contribution in [0.1, 0.15) is 79.0 Å². The highest BCUT2D eigenvalue weighted by atomic mass is 16.5. The van der Waals surface area contributed by atoms with Crippen molar-refractivity contribution in [3.05, 3.63) is 162 Å². The molecule has 0 fully saturated rings. The molecule has 5 nitrogen and oxygen atoms in total. The van der Waals surface area contributed by atoms with Crippen LogP contribution in [-0.4, -0.2) is 23.3 Å². The van der Waals surface area contributed by atoms with E-state index < -0.39 is 0 Å². The van der Waals surface area contributed by atoms with Crippen molar-refractivity contribution in [1.82, 2.24) is 9.55 Å². The topological polar surface area (TPSA) is 33.5 Å². The van der Waals surface area contributed by atoms with Gasteiger partial charge in [-0.15, -0.1) is 0 Å². The molecule has 60 heavy (non-hydrogen) atoms. The summed E-state index contributed by atoms with van der Waals surface area (Å²) >= 11 is 0. The van der Waals surface area contributed by atoms with Crippen molar-refractivity contribution < 1.29 is 4.74 Å². The first kappa shape index (κ1) is 39.1. The van der Waals surface area contributed by atoms with E-state index in [1.54, 1.807) is 0 Å². The fraction of sp³-hybridized carbons (Fsp3) is 0.255. The van der Waals surface area contributed by atoms with Gasteiger partial charge in [-0.2, -0.15) is 0 Å². The molecule has 9 rings (SSSR count). The fourth-order valence-corrected chi connectivity index (χ4v) is 8.65. The summed E-state index contributed by atoms with van der Waals surface area (Å²) < 4.78 is 9.01. The normalized spacial score (nSPS) is 13.4. The van der Waals surface area contributed by atoms with Crippen molar-refractivity contribution in [3.8, 4) is 39.6 Å². The van der Waals surface area contributed by atoms with Crippen molar-refractivity contribution in [2.75, 3.05) is 23.5 Å². The van der Waals surface area contributed by atoms with Gasteiger partial charge in [0.1, 0.15) is 17.3 Å². The van der Waals surface area contributed by atoms with Gasteiger partial charge in [0.05, 0.1) is 29.1 Å². The van der Waals surface area contributed by atoms with Crippen LogP contribution < -0.4 is 14.5 Å². The second kappa shape index (κ2) is 14.4. The van der Waals surface area contributed by atoms with Gasteiger partial charge in [-0.1, -0.05) is 141 Å². The second-order valence-corrected chi connectivity index (χ2v) is 19.6. The van der Waals surface area contributed by atoms with Crippen LogP contribution in [0.4, 0.5) is 17.1 Å². The Hall–Kier alpha value is -6.33. The van der Waals surface area contributed by atoms with Crippen LogP contribution in [-0.2, 0) is 16.2 Å². The number of aromatic nitrogens is 2. The van der Waals surface area contributed by atoms with Crippen molar-refractivity contribution in [1.29, 1.82) is 0 Å². The Bertz CT molecular complexity index is 2880. The molecule has 0 amide bonds. The molecule has 0 aliphatic carbocycles. The number of benzene rings is 6. The zero-order valence-electron chi connectivity index (χ0n) is 36.8. The molecule has 6 aromatic carbocycles. The zero-order chi connectivity index (χ0) is 42.1. The lowest BCUT2D eigenvalue weighted by Gasteiger charge is -2.24. The smallest absolute Gasteiger partial charge is 0.138 e. The predicted octanol–water partition coefficient (Wildman–Crippen LogP) is 14.7. The molecular formula is C55H56N4O. The summed E-state index contributed by atoms with van der Waals surface area (Å²) in [6.07, 6.45) is 2.08. The number of hydrogen-bond donors (Lipinski definition) is 0. The van der Waals surface area contributed by atoms with Crippen molar-refractivity contribution in [2.45, 2.75) is 78.6 Å². The predicted molar refractivity (Wildman–Crippen MR) is 254 cm³/mol. The zero-order valence-corrected chi connectivity index (χ0v) is 36.8. The van der Waals surface area contributed by atoms with Crippen molar-refractivity contribution >= 4 is 38.9 Å². The molecule has 8 aromatic rings. The minimum absolute atomic E-state index is 0.0831. The molecule has 3 heterocycles. The van der Waals surface area contributed by atoms with Gasteiger partial charge in [0.25, 0.3) is 0 Å². The Balaban J connectivity index is 1.05. The van der Waals surface area contributed by atoms with E-state index in [0.29, 0.717) is 0 Å². The Labute approximate surface area is 355 Å². The van der Waals surface area contributed by atoms with Gasteiger partial charge in [-0.3, -0.25) is 4.57 Å². The molecule has 0 spiro atoms. The summed E-state index contributed by atoms with van der Waals surface area (Å²) in [7, 11) is 2.16. The molecule has 2 aromatic heterocycles. The van der Waals surface area contributed by atoms with E-state index in [4.69, 9.17) is 9.72 Å². The quantitative estimate of drug-likeness (QED) is 0.168. The molecule has 0 N–H and O–H groups in total. The lowest BCUT2D eigenvalue weighted by molar-refractivity contribution is 0.483. The molecule has 0 saturated heterocycles. The molecule has 5 heteroatoms. The minimum atomic E-state index is -0.0889. The van der Waals surface area contributed by atoms with Gasteiger partial charge in [-0.25, -0.2) is 4.98 Å². The van der Waals surface area contributed by atoms with E-state index >= 15 is 0 Å². The lowest BCUT2D eigenvalue weighted by Crippen LogP contribution is -2.23. The molecule has 1 aliphatic heterocycles. The molecule has 302 valence electrons. The Kier molecular flexibility index (Phi) is 9.42. The van der Waals surface area contributed by atoms with Gasteiger partial charge in [0, 0.05) is 41.8 Å². The first-order chi connectivity index (χ1) is 28.5. The summed E-state index contributed by atoms with van der Waals surface area (Å²) in [5.74, 6) is 2.44. The van der Waals surface area contributed by atoms with E-state index in [9.17, 15) is 0 Å². The maximum atomic E-state index is 6.72. The molecule has 0 unspecified atom stereocenters. The number of para-hydroxylation sites is 1. The van der Waals surface area contributed by atoms with Crippen LogP contribution in [0.3, 0.4) is 0 Å². The average molecular weight is 789 g/mol. The van der Waals surface area contributed by atoms with Crippen LogP contribution in [0.2, 0.25) is 0 Å². The number of nitrogens with zero attached hydrogens (tertiary/aromatic N) is 4. The summed E-state index contributed by atoms with van der Waals surface area (Å²) in [5, 5.41) is 2.34. The molecular weight excluding hydrogens is 733 g/mol. The summed E-state index contributed by atoms with van der Waals surface area (Å²) in [5.41, 5.74) is 14.5. The summed E-state index contributed by atoms with van der Waals surface area (Å²) in [4.78, 5) is 9.85. The van der Waals surface area contributed by atoms with E-state index in [1.165, 1.54) is 55.7 Å². The first-order valence-corrected chi connectivity index (χ1v) is 21.2. The largest absolute Gasteiger partial charge is 0.457 e. The van der Waals surface area contributed by atoms with Gasteiger partial charge in [-0.05, 0) is 104 Å². The van der Waals surface area contributed by atoms with Crippen molar-refractivity contribution in [3.63, 3.8) is 0 Å². The fourth-order valence-electron chi connectivity index (χ4n) is 8.65. The molecule has 0 bridgehead atoms. The Morgan fingerprint density at radius 3 is 1.83 bits per heavy atom. The maximum Gasteiger partial charge on any atom is 0.138 e. The number of hydrogen-bond acceptors (Lipinski definition) is 4. The van der Waals surface area contributed by atoms with Gasteiger partial charge < -0.3 is 14.5 Å². The number of rotatable bonds is 6.